The highest BCUT2D eigenvalue weighted by Crippen LogP contribution is 2.18. The first kappa shape index (κ1) is 15.0. The van der Waals surface area contributed by atoms with Crippen LogP contribution in [0.5, 0.6) is 0 Å². The molecule has 0 N–H and O–H groups in total. The number of hydrogen-bond donors (Lipinski definition) is 0. The van der Waals surface area contributed by atoms with Crippen LogP contribution in [-0.2, 0) is 0 Å². The van der Waals surface area contributed by atoms with Gasteiger partial charge in [0.2, 0.25) is 0 Å². The Morgan fingerprint density at radius 1 is 0.929 bits per heavy atom. The molecule has 0 aromatic carbocycles. The molecule has 0 saturated carbocycles. The van der Waals surface area contributed by atoms with Crippen molar-refractivity contribution in [3.05, 3.63) is 0 Å². The van der Waals surface area contributed by atoms with Crippen molar-refractivity contribution in [1.82, 2.24) is 0 Å². The molecular weight excluding hydrogens is 306 g/mol. The maximum atomic E-state index is 5.63. The number of halogens is 2. The zero-order valence-electron chi connectivity index (χ0n) is 9.40. The van der Waals surface area contributed by atoms with E-state index in [0.29, 0.717) is 0 Å². The second-order valence-electron chi connectivity index (χ2n) is 3.98. The standard InChI is InChI=1S/C12H24ClI/c1-2-3-6-9-12(14)10-7-4-5-8-11-13/h12H,2-11H2,1H3. The lowest BCUT2D eigenvalue weighted by Gasteiger charge is -2.08. The minimum Gasteiger partial charge on any atom is -0.127 e. The molecule has 0 spiro atoms. The predicted molar refractivity (Wildman–Crippen MR) is 75.8 cm³/mol. The van der Waals surface area contributed by atoms with Gasteiger partial charge in [-0.25, -0.2) is 0 Å². The van der Waals surface area contributed by atoms with E-state index in [0.717, 1.165) is 9.80 Å². The van der Waals surface area contributed by atoms with Crippen molar-refractivity contribution in [2.24, 2.45) is 0 Å². The van der Waals surface area contributed by atoms with Crippen LogP contribution >= 0.6 is 34.2 Å². The topological polar surface area (TPSA) is 0 Å². The average molecular weight is 331 g/mol. The summed E-state index contributed by atoms with van der Waals surface area (Å²) >= 11 is 8.24. The number of rotatable bonds is 10. The quantitative estimate of drug-likeness (QED) is 0.279. The molecule has 14 heavy (non-hydrogen) atoms. The summed E-state index contributed by atoms with van der Waals surface area (Å²) in [5.41, 5.74) is 0. The van der Waals surface area contributed by atoms with Gasteiger partial charge in [0.15, 0.2) is 0 Å². The largest absolute Gasteiger partial charge is 0.127 e. The van der Waals surface area contributed by atoms with Crippen molar-refractivity contribution in [1.29, 1.82) is 0 Å². The van der Waals surface area contributed by atoms with Gasteiger partial charge in [-0.2, -0.15) is 0 Å². The van der Waals surface area contributed by atoms with Crippen LogP contribution in [0.2, 0.25) is 0 Å². The van der Waals surface area contributed by atoms with Crippen LogP contribution in [0.25, 0.3) is 0 Å². The van der Waals surface area contributed by atoms with Crippen LogP contribution in [0.1, 0.15) is 64.7 Å². The minimum atomic E-state index is 0.837. The molecule has 86 valence electrons. The Hall–Kier alpha value is 1.02. The fourth-order valence-corrected chi connectivity index (χ4v) is 2.64. The number of unbranched alkanes of at least 4 members (excludes halogenated alkanes) is 5. The summed E-state index contributed by atoms with van der Waals surface area (Å²) in [6.07, 6.45) is 12.3. The second-order valence-corrected chi connectivity index (χ2v) is 6.12. The van der Waals surface area contributed by atoms with E-state index in [9.17, 15) is 0 Å². The van der Waals surface area contributed by atoms with Crippen LogP contribution in [0, 0.1) is 0 Å². The first-order chi connectivity index (χ1) is 6.81. The number of alkyl halides is 2. The molecule has 0 rings (SSSR count). The zero-order chi connectivity index (χ0) is 10.6. The SMILES string of the molecule is CCCCCC(I)CCCCCCCl. The smallest absolute Gasteiger partial charge is 0.0223 e. The third-order valence-electron chi connectivity index (χ3n) is 2.52. The lowest BCUT2D eigenvalue weighted by molar-refractivity contribution is 0.584. The van der Waals surface area contributed by atoms with Gasteiger partial charge in [0, 0.05) is 9.80 Å². The van der Waals surface area contributed by atoms with Crippen LogP contribution < -0.4 is 0 Å². The molecule has 0 aromatic rings. The van der Waals surface area contributed by atoms with E-state index in [-0.39, 0.29) is 0 Å². The highest BCUT2D eigenvalue weighted by Gasteiger charge is 2.02. The Labute approximate surface area is 108 Å². The Morgan fingerprint density at radius 2 is 1.50 bits per heavy atom. The molecule has 0 amide bonds. The van der Waals surface area contributed by atoms with Crippen molar-refractivity contribution in [2.45, 2.75) is 68.6 Å². The molecule has 0 bridgehead atoms. The molecule has 1 unspecified atom stereocenters. The lowest BCUT2D eigenvalue weighted by Crippen LogP contribution is -1.97. The van der Waals surface area contributed by atoms with E-state index in [4.69, 9.17) is 11.6 Å². The molecule has 0 heterocycles. The molecule has 0 nitrogen and oxygen atoms in total. The fourth-order valence-electron chi connectivity index (χ4n) is 1.57. The van der Waals surface area contributed by atoms with E-state index >= 15 is 0 Å². The predicted octanol–water partition coefficient (Wildman–Crippen LogP) is 5.56. The van der Waals surface area contributed by atoms with E-state index in [1.807, 2.05) is 0 Å². The van der Waals surface area contributed by atoms with Gasteiger partial charge >= 0.3 is 0 Å². The summed E-state index contributed by atoms with van der Waals surface area (Å²) in [7, 11) is 0. The summed E-state index contributed by atoms with van der Waals surface area (Å²) in [5, 5.41) is 0. The van der Waals surface area contributed by atoms with E-state index in [1.54, 1.807) is 0 Å². The van der Waals surface area contributed by atoms with Crippen molar-refractivity contribution < 1.29 is 0 Å². The van der Waals surface area contributed by atoms with Gasteiger partial charge in [0.05, 0.1) is 0 Å². The second kappa shape index (κ2) is 12.1. The van der Waals surface area contributed by atoms with Crippen LogP contribution in [0.15, 0.2) is 0 Å². The molecule has 0 aliphatic carbocycles. The van der Waals surface area contributed by atoms with Gasteiger partial charge in [0.25, 0.3) is 0 Å². The molecule has 0 saturated heterocycles. The maximum Gasteiger partial charge on any atom is 0.0223 e. The Morgan fingerprint density at radius 3 is 2.07 bits per heavy atom. The molecule has 1 atom stereocenters. The molecule has 0 aromatic heterocycles. The summed E-state index contributed by atoms with van der Waals surface area (Å²) in [5.74, 6) is 0.837. The highest BCUT2D eigenvalue weighted by molar-refractivity contribution is 14.1. The third kappa shape index (κ3) is 11.1. The monoisotopic (exact) mass is 330 g/mol. The van der Waals surface area contributed by atoms with Gasteiger partial charge in [-0.05, 0) is 19.3 Å². The van der Waals surface area contributed by atoms with E-state index < -0.39 is 0 Å². The summed E-state index contributed by atoms with van der Waals surface area (Å²) in [6, 6.07) is 0. The first-order valence-corrected chi connectivity index (χ1v) is 7.79. The van der Waals surface area contributed by atoms with Gasteiger partial charge in [-0.1, -0.05) is 68.0 Å². The van der Waals surface area contributed by atoms with Crippen LogP contribution in [0.4, 0.5) is 0 Å². The minimum absolute atomic E-state index is 0.837. The van der Waals surface area contributed by atoms with Crippen molar-refractivity contribution >= 4 is 34.2 Å². The van der Waals surface area contributed by atoms with Gasteiger partial charge < -0.3 is 0 Å². The fraction of sp³-hybridized carbons (Fsp3) is 1.00. The van der Waals surface area contributed by atoms with E-state index in [1.165, 1.54) is 57.8 Å². The first-order valence-electron chi connectivity index (χ1n) is 6.01. The summed E-state index contributed by atoms with van der Waals surface area (Å²) in [6.45, 7) is 2.27. The van der Waals surface area contributed by atoms with E-state index in [2.05, 4.69) is 29.5 Å². The molecule has 0 aliphatic rings. The normalized spacial score (nSPS) is 13.1. The summed E-state index contributed by atoms with van der Waals surface area (Å²) < 4.78 is 0.912. The number of hydrogen-bond acceptors (Lipinski definition) is 0. The Kier molecular flexibility index (Phi) is 13.0. The molecular formula is C12H24ClI. The van der Waals surface area contributed by atoms with Crippen molar-refractivity contribution in [2.75, 3.05) is 5.88 Å². The Bertz CT molecular complexity index is 106. The maximum absolute atomic E-state index is 5.63. The molecule has 0 aliphatic heterocycles. The van der Waals surface area contributed by atoms with Gasteiger partial charge in [0.1, 0.15) is 0 Å². The lowest BCUT2D eigenvalue weighted by atomic mass is 10.1. The average Bonchev–Trinajstić information content (AvgIpc) is 2.18. The molecule has 0 radical (unpaired) electrons. The van der Waals surface area contributed by atoms with Crippen LogP contribution in [0.3, 0.4) is 0 Å². The zero-order valence-corrected chi connectivity index (χ0v) is 12.3. The molecule has 2 heteroatoms. The van der Waals surface area contributed by atoms with Crippen LogP contribution in [-0.4, -0.2) is 9.80 Å². The molecule has 0 fully saturated rings. The van der Waals surface area contributed by atoms with Crippen molar-refractivity contribution in [3.8, 4) is 0 Å². The summed E-state index contributed by atoms with van der Waals surface area (Å²) in [4.78, 5) is 0. The third-order valence-corrected chi connectivity index (χ3v) is 4.03. The highest BCUT2D eigenvalue weighted by atomic mass is 127. The van der Waals surface area contributed by atoms with Gasteiger partial charge in [-0.3, -0.25) is 0 Å². The Balaban J connectivity index is 3.06. The van der Waals surface area contributed by atoms with Crippen molar-refractivity contribution in [3.63, 3.8) is 0 Å². The van der Waals surface area contributed by atoms with Gasteiger partial charge in [-0.15, -0.1) is 11.6 Å².